The zero-order valence-electron chi connectivity index (χ0n) is 8.79. The number of benzene rings is 1. The van der Waals surface area contributed by atoms with Crippen molar-refractivity contribution in [3.8, 4) is 12.3 Å². The maximum atomic E-state index is 11.6. The van der Waals surface area contributed by atoms with Crippen LogP contribution in [0, 0.1) is 12.3 Å². The Morgan fingerprint density at radius 3 is 2.94 bits per heavy atom. The summed E-state index contributed by atoms with van der Waals surface area (Å²) in [6.07, 6.45) is 6.52. The van der Waals surface area contributed by atoms with E-state index in [1.165, 1.54) is 0 Å². The fourth-order valence-corrected chi connectivity index (χ4v) is 1.30. The summed E-state index contributed by atoms with van der Waals surface area (Å²) in [7, 11) is 0. The molecule has 0 aliphatic rings. The van der Waals surface area contributed by atoms with E-state index in [4.69, 9.17) is 23.8 Å². The zero-order valence-corrected chi connectivity index (χ0v) is 9.55. The highest BCUT2D eigenvalue weighted by atomic mass is 35.5. The lowest BCUT2D eigenvalue weighted by Crippen LogP contribution is -2.24. The average molecular weight is 237 g/mol. The van der Waals surface area contributed by atoms with Gasteiger partial charge in [-0.05, 0) is 24.6 Å². The van der Waals surface area contributed by atoms with E-state index < -0.39 is 0 Å². The molecule has 3 N–H and O–H groups in total. The van der Waals surface area contributed by atoms with Gasteiger partial charge in [0, 0.05) is 18.5 Å². The molecular weight excluding hydrogens is 224 g/mol. The van der Waals surface area contributed by atoms with Crippen molar-refractivity contribution in [1.29, 1.82) is 0 Å². The summed E-state index contributed by atoms with van der Waals surface area (Å²) in [5, 5.41) is 3.20. The van der Waals surface area contributed by atoms with E-state index >= 15 is 0 Å². The molecule has 84 valence electrons. The minimum Gasteiger partial charge on any atom is -0.398 e. The molecule has 16 heavy (non-hydrogen) atoms. The Kier molecular flexibility index (Phi) is 4.68. The smallest absolute Gasteiger partial charge is 0.251 e. The molecule has 0 spiro atoms. The van der Waals surface area contributed by atoms with Crippen LogP contribution in [0.5, 0.6) is 0 Å². The third kappa shape index (κ3) is 3.48. The predicted molar refractivity (Wildman–Crippen MR) is 66.3 cm³/mol. The molecule has 0 radical (unpaired) electrons. The van der Waals surface area contributed by atoms with Crippen LogP contribution in [0.3, 0.4) is 0 Å². The number of amides is 1. The molecule has 0 aliphatic heterocycles. The van der Waals surface area contributed by atoms with Gasteiger partial charge in [0.2, 0.25) is 0 Å². The lowest BCUT2D eigenvalue weighted by Gasteiger charge is -2.05. The van der Waals surface area contributed by atoms with E-state index in [1.54, 1.807) is 18.2 Å². The summed E-state index contributed by atoms with van der Waals surface area (Å²) in [6, 6.07) is 4.79. The van der Waals surface area contributed by atoms with E-state index in [2.05, 4.69) is 11.2 Å². The second-order valence-electron chi connectivity index (χ2n) is 3.30. The van der Waals surface area contributed by atoms with Gasteiger partial charge in [0.25, 0.3) is 5.91 Å². The second-order valence-corrected chi connectivity index (χ2v) is 3.71. The SMILES string of the molecule is C#CCCCNC(=O)c1ccc(Cl)c(N)c1. The van der Waals surface area contributed by atoms with Crippen LogP contribution in [0.15, 0.2) is 18.2 Å². The number of carbonyl (C=O) groups is 1. The number of nitrogen functional groups attached to an aromatic ring is 1. The van der Waals surface area contributed by atoms with Crippen LogP contribution in [0.2, 0.25) is 5.02 Å². The van der Waals surface area contributed by atoms with Gasteiger partial charge in [-0.25, -0.2) is 0 Å². The van der Waals surface area contributed by atoms with Gasteiger partial charge in [0.05, 0.1) is 10.7 Å². The first-order valence-corrected chi connectivity index (χ1v) is 5.29. The van der Waals surface area contributed by atoms with Crippen molar-refractivity contribution in [2.75, 3.05) is 12.3 Å². The predicted octanol–water partition coefficient (Wildman–Crippen LogP) is 2.07. The molecule has 4 heteroatoms. The molecule has 0 saturated heterocycles. The van der Waals surface area contributed by atoms with E-state index in [0.717, 1.165) is 6.42 Å². The van der Waals surface area contributed by atoms with Crippen LogP contribution in [-0.2, 0) is 0 Å². The van der Waals surface area contributed by atoms with E-state index in [-0.39, 0.29) is 5.91 Å². The Hall–Kier alpha value is -1.66. The summed E-state index contributed by atoms with van der Waals surface area (Å²) in [5.74, 6) is 2.34. The minimum absolute atomic E-state index is 0.166. The highest BCUT2D eigenvalue weighted by Crippen LogP contribution is 2.19. The number of rotatable bonds is 4. The summed E-state index contributed by atoms with van der Waals surface area (Å²) in [6.45, 7) is 0.561. The normalized spacial score (nSPS) is 9.50. The zero-order chi connectivity index (χ0) is 12.0. The Morgan fingerprint density at radius 2 is 2.31 bits per heavy atom. The topological polar surface area (TPSA) is 55.1 Å². The lowest BCUT2D eigenvalue weighted by atomic mass is 10.2. The molecule has 0 aromatic heterocycles. The fourth-order valence-electron chi connectivity index (χ4n) is 1.18. The Balaban J connectivity index is 2.53. The standard InChI is InChI=1S/C12H13ClN2O/c1-2-3-4-7-15-12(16)9-5-6-10(13)11(14)8-9/h1,5-6,8H,3-4,7,14H2,(H,15,16). The van der Waals surface area contributed by atoms with Gasteiger partial charge < -0.3 is 11.1 Å². The lowest BCUT2D eigenvalue weighted by molar-refractivity contribution is 0.0953. The molecule has 1 aromatic rings. The van der Waals surface area contributed by atoms with Crippen molar-refractivity contribution >= 4 is 23.2 Å². The first-order chi connectivity index (χ1) is 7.65. The van der Waals surface area contributed by atoms with Crippen LogP contribution in [0.25, 0.3) is 0 Å². The van der Waals surface area contributed by atoms with Crippen LogP contribution in [0.1, 0.15) is 23.2 Å². The number of hydrogen-bond donors (Lipinski definition) is 2. The largest absolute Gasteiger partial charge is 0.398 e. The highest BCUT2D eigenvalue weighted by Gasteiger charge is 2.06. The summed E-state index contributed by atoms with van der Waals surface area (Å²) >= 11 is 5.75. The van der Waals surface area contributed by atoms with E-state index in [1.807, 2.05) is 0 Å². The average Bonchev–Trinajstić information content (AvgIpc) is 2.28. The maximum Gasteiger partial charge on any atom is 0.251 e. The van der Waals surface area contributed by atoms with Crippen molar-refractivity contribution in [2.45, 2.75) is 12.8 Å². The number of unbranched alkanes of at least 4 members (excludes halogenated alkanes) is 1. The number of terminal acetylenes is 1. The number of carbonyl (C=O) groups excluding carboxylic acids is 1. The second kappa shape index (κ2) is 6.04. The molecule has 3 nitrogen and oxygen atoms in total. The van der Waals surface area contributed by atoms with Crippen LogP contribution in [-0.4, -0.2) is 12.5 Å². The highest BCUT2D eigenvalue weighted by molar-refractivity contribution is 6.33. The number of nitrogens with two attached hydrogens (primary N) is 1. The molecule has 0 unspecified atom stereocenters. The quantitative estimate of drug-likeness (QED) is 0.478. The molecule has 0 saturated carbocycles. The van der Waals surface area contributed by atoms with Crippen molar-refractivity contribution in [3.05, 3.63) is 28.8 Å². The number of nitrogens with one attached hydrogen (secondary N) is 1. The van der Waals surface area contributed by atoms with Crippen molar-refractivity contribution in [3.63, 3.8) is 0 Å². The van der Waals surface area contributed by atoms with Gasteiger partial charge in [0.15, 0.2) is 0 Å². The molecule has 0 aliphatic carbocycles. The van der Waals surface area contributed by atoms with Crippen LogP contribution < -0.4 is 11.1 Å². The number of hydrogen-bond acceptors (Lipinski definition) is 2. The Labute approximate surface area is 100.0 Å². The molecule has 1 amide bonds. The number of halogens is 1. The molecule has 0 bridgehead atoms. The van der Waals surface area contributed by atoms with E-state index in [0.29, 0.717) is 29.2 Å². The minimum atomic E-state index is -0.166. The molecule has 0 atom stereocenters. The summed E-state index contributed by atoms with van der Waals surface area (Å²) < 4.78 is 0. The molecule has 1 aromatic carbocycles. The Bertz CT molecular complexity index is 424. The fraction of sp³-hybridized carbons (Fsp3) is 0.250. The monoisotopic (exact) mass is 236 g/mol. The molecule has 1 rings (SSSR count). The van der Waals surface area contributed by atoms with Gasteiger partial charge in [-0.2, -0.15) is 0 Å². The van der Waals surface area contributed by atoms with Crippen LogP contribution >= 0.6 is 11.6 Å². The van der Waals surface area contributed by atoms with Crippen molar-refractivity contribution in [2.24, 2.45) is 0 Å². The van der Waals surface area contributed by atoms with E-state index in [9.17, 15) is 4.79 Å². The molecule has 0 fully saturated rings. The van der Waals surface area contributed by atoms with Gasteiger partial charge in [0.1, 0.15) is 0 Å². The first kappa shape index (κ1) is 12.4. The Morgan fingerprint density at radius 1 is 1.56 bits per heavy atom. The summed E-state index contributed by atoms with van der Waals surface area (Å²) in [5.41, 5.74) is 6.50. The van der Waals surface area contributed by atoms with Gasteiger partial charge in [-0.3, -0.25) is 4.79 Å². The van der Waals surface area contributed by atoms with Crippen molar-refractivity contribution in [1.82, 2.24) is 5.32 Å². The van der Waals surface area contributed by atoms with Gasteiger partial charge in [-0.1, -0.05) is 11.6 Å². The van der Waals surface area contributed by atoms with Gasteiger partial charge in [-0.15, -0.1) is 12.3 Å². The molecule has 0 heterocycles. The first-order valence-electron chi connectivity index (χ1n) is 4.92. The summed E-state index contributed by atoms with van der Waals surface area (Å²) in [4.78, 5) is 11.6. The number of anilines is 1. The van der Waals surface area contributed by atoms with Crippen LogP contribution in [0.4, 0.5) is 5.69 Å². The third-order valence-electron chi connectivity index (χ3n) is 2.04. The van der Waals surface area contributed by atoms with Gasteiger partial charge >= 0.3 is 0 Å². The third-order valence-corrected chi connectivity index (χ3v) is 2.39. The maximum absolute atomic E-state index is 11.6. The molecular formula is C12H13ClN2O. The van der Waals surface area contributed by atoms with Crippen molar-refractivity contribution < 1.29 is 4.79 Å².